The molecule has 0 atom stereocenters. The number of carbonyl (C=O) groups is 1. The van der Waals surface area contributed by atoms with Crippen LogP contribution in [0.5, 0.6) is 6.01 Å². The lowest BCUT2D eigenvalue weighted by Gasteiger charge is -2.19. The second-order valence-electron chi connectivity index (χ2n) is 9.77. The summed E-state index contributed by atoms with van der Waals surface area (Å²) in [7, 11) is 0. The predicted molar refractivity (Wildman–Crippen MR) is 129 cm³/mol. The van der Waals surface area contributed by atoms with Gasteiger partial charge in [-0.05, 0) is 47.4 Å². The Bertz CT molecular complexity index is 1030. The average molecular weight is 434 g/mol. The zero-order chi connectivity index (χ0) is 23.3. The number of unbranched alkanes of at least 4 members (excludes halogenated alkanes) is 1. The van der Waals surface area contributed by atoms with Crippen LogP contribution in [0.15, 0.2) is 48.5 Å². The van der Waals surface area contributed by atoms with Crippen molar-refractivity contribution < 1.29 is 9.53 Å². The third-order valence-corrected chi connectivity index (χ3v) is 5.35. The molecule has 1 heterocycles. The summed E-state index contributed by atoms with van der Waals surface area (Å²) in [6.07, 6.45) is 3.31. The Labute approximate surface area is 191 Å². The van der Waals surface area contributed by atoms with Crippen LogP contribution in [0.3, 0.4) is 0 Å². The van der Waals surface area contributed by atoms with E-state index in [2.05, 4.69) is 63.8 Å². The maximum atomic E-state index is 13.3. The van der Waals surface area contributed by atoms with Gasteiger partial charge in [0.25, 0.3) is 5.91 Å². The fourth-order valence-corrected chi connectivity index (χ4v) is 3.36. The first-order valence-corrected chi connectivity index (χ1v) is 11.5. The molecule has 5 heteroatoms. The summed E-state index contributed by atoms with van der Waals surface area (Å²) < 4.78 is 7.11. The van der Waals surface area contributed by atoms with Crippen LogP contribution in [0.2, 0.25) is 0 Å². The highest BCUT2D eigenvalue weighted by atomic mass is 16.5. The van der Waals surface area contributed by atoms with E-state index >= 15 is 0 Å². The van der Waals surface area contributed by atoms with E-state index in [0.29, 0.717) is 23.9 Å². The zero-order valence-corrected chi connectivity index (χ0v) is 20.2. The summed E-state index contributed by atoms with van der Waals surface area (Å²) in [6, 6.07) is 16.2. The van der Waals surface area contributed by atoms with Crippen LogP contribution in [0, 0.1) is 5.92 Å². The topological polar surface area (TPSA) is 57.0 Å². The summed E-state index contributed by atoms with van der Waals surface area (Å²) in [6.45, 7) is 13.3. The van der Waals surface area contributed by atoms with Crippen molar-refractivity contribution in [3.8, 4) is 17.4 Å². The Kier molecular flexibility index (Phi) is 7.49. The summed E-state index contributed by atoms with van der Waals surface area (Å²) in [5.74, 6) is 0.612. The van der Waals surface area contributed by atoms with Crippen LogP contribution in [-0.2, 0) is 11.8 Å². The first-order valence-electron chi connectivity index (χ1n) is 11.5. The molecule has 32 heavy (non-hydrogen) atoms. The average Bonchev–Trinajstić information content (AvgIpc) is 3.20. The van der Waals surface area contributed by atoms with Gasteiger partial charge in [0, 0.05) is 11.1 Å². The standard InChI is InChI=1S/C27H35N3O2/c1-7-8-9-20-10-12-22(13-11-20)25(31)30-24(28-26(29-30)32-18-19(2)3)21-14-16-23(17-15-21)27(4,5)6/h10-17,19H,7-9,18H2,1-6H3. The molecule has 0 aliphatic heterocycles. The van der Waals surface area contributed by atoms with Crippen LogP contribution < -0.4 is 4.74 Å². The van der Waals surface area contributed by atoms with Crippen molar-refractivity contribution in [2.45, 2.75) is 66.2 Å². The minimum atomic E-state index is -0.214. The second kappa shape index (κ2) is 10.1. The number of aromatic nitrogens is 3. The lowest BCUT2D eigenvalue weighted by molar-refractivity contribution is 0.0944. The maximum absolute atomic E-state index is 13.3. The van der Waals surface area contributed by atoms with Gasteiger partial charge in [-0.3, -0.25) is 4.79 Å². The highest BCUT2D eigenvalue weighted by Crippen LogP contribution is 2.27. The van der Waals surface area contributed by atoms with E-state index in [1.807, 2.05) is 36.4 Å². The highest BCUT2D eigenvalue weighted by Gasteiger charge is 2.21. The number of hydrogen-bond donors (Lipinski definition) is 0. The zero-order valence-electron chi connectivity index (χ0n) is 20.2. The van der Waals surface area contributed by atoms with Crippen LogP contribution in [-0.4, -0.2) is 27.3 Å². The van der Waals surface area contributed by atoms with Gasteiger partial charge in [-0.25, -0.2) is 0 Å². The number of nitrogens with zero attached hydrogens (tertiary/aromatic N) is 3. The van der Waals surface area contributed by atoms with E-state index in [0.717, 1.165) is 24.8 Å². The lowest BCUT2D eigenvalue weighted by Crippen LogP contribution is -2.16. The molecule has 0 N–H and O–H groups in total. The van der Waals surface area contributed by atoms with Gasteiger partial charge < -0.3 is 4.74 Å². The van der Waals surface area contributed by atoms with Crippen LogP contribution >= 0.6 is 0 Å². The molecule has 0 spiro atoms. The molecule has 0 amide bonds. The molecule has 0 unspecified atom stereocenters. The molecule has 170 valence electrons. The van der Waals surface area contributed by atoms with Crippen LogP contribution in [0.1, 0.15) is 75.9 Å². The van der Waals surface area contributed by atoms with Gasteiger partial charge in [0.15, 0.2) is 5.82 Å². The summed E-state index contributed by atoms with van der Waals surface area (Å²) in [4.78, 5) is 17.9. The number of rotatable bonds is 8. The van der Waals surface area contributed by atoms with E-state index in [-0.39, 0.29) is 17.3 Å². The molecular formula is C27H35N3O2. The largest absolute Gasteiger partial charge is 0.462 e. The van der Waals surface area contributed by atoms with Gasteiger partial charge in [0.2, 0.25) is 0 Å². The molecular weight excluding hydrogens is 398 g/mol. The van der Waals surface area contributed by atoms with E-state index in [4.69, 9.17) is 4.74 Å². The number of aryl methyl sites for hydroxylation is 1. The van der Waals surface area contributed by atoms with Crippen LogP contribution in [0.4, 0.5) is 0 Å². The SMILES string of the molecule is CCCCc1ccc(C(=O)n2nc(OCC(C)C)nc2-c2ccc(C(C)(C)C)cc2)cc1. The molecule has 0 saturated heterocycles. The molecule has 0 fully saturated rings. The fraction of sp³-hybridized carbons (Fsp3) is 0.444. The molecule has 0 radical (unpaired) electrons. The molecule has 3 aromatic rings. The van der Waals surface area contributed by atoms with Gasteiger partial charge >= 0.3 is 6.01 Å². The maximum Gasteiger partial charge on any atom is 0.336 e. The fourth-order valence-electron chi connectivity index (χ4n) is 3.36. The number of carbonyl (C=O) groups excluding carboxylic acids is 1. The Morgan fingerprint density at radius 1 is 1.03 bits per heavy atom. The quantitative estimate of drug-likeness (QED) is 0.418. The first-order chi connectivity index (χ1) is 15.2. The lowest BCUT2D eigenvalue weighted by atomic mass is 9.87. The molecule has 0 aliphatic carbocycles. The summed E-state index contributed by atoms with van der Waals surface area (Å²) in [5, 5.41) is 4.41. The molecule has 3 rings (SSSR count). The van der Waals surface area contributed by atoms with E-state index in [9.17, 15) is 4.79 Å². The third kappa shape index (κ3) is 5.84. The monoisotopic (exact) mass is 433 g/mol. The molecule has 0 aliphatic rings. The minimum Gasteiger partial charge on any atom is -0.462 e. The van der Waals surface area contributed by atoms with E-state index in [1.54, 1.807) is 0 Å². The third-order valence-electron chi connectivity index (χ3n) is 5.35. The van der Waals surface area contributed by atoms with Gasteiger partial charge in [-0.15, -0.1) is 5.10 Å². The van der Waals surface area contributed by atoms with E-state index < -0.39 is 0 Å². The Balaban J connectivity index is 1.95. The number of hydrogen-bond acceptors (Lipinski definition) is 4. The molecule has 5 nitrogen and oxygen atoms in total. The highest BCUT2D eigenvalue weighted by molar-refractivity contribution is 5.97. The minimum absolute atomic E-state index is 0.0487. The second-order valence-corrected chi connectivity index (χ2v) is 9.77. The first kappa shape index (κ1) is 23.7. The molecule has 1 aromatic heterocycles. The predicted octanol–water partition coefficient (Wildman–Crippen LogP) is 6.31. The van der Waals surface area contributed by atoms with Crippen molar-refractivity contribution in [3.63, 3.8) is 0 Å². The summed E-state index contributed by atoms with van der Waals surface area (Å²) >= 11 is 0. The Morgan fingerprint density at radius 3 is 2.25 bits per heavy atom. The van der Waals surface area contributed by atoms with Crippen molar-refractivity contribution in [1.82, 2.24) is 14.8 Å². The smallest absolute Gasteiger partial charge is 0.336 e. The van der Waals surface area contributed by atoms with Crippen molar-refractivity contribution >= 4 is 5.91 Å². The number of ether oxygens (including phenoxy) is 1. The normalized spacial score (nSPS) is 11.7. The van der Waals surface area contributed by atoms with Crippen LogP contribution in [0.25, 0.3) is 11.4 Å². The van der Waals surface area contributed by atoms with Crippen molar-refractivity contribution in [2.24, 2.45) is 5.92 Å². The Hall–Kier alpha value is -2.95. The van der Waals surface area contributed by atoms with Gasteiger partial charge in [-0.1, -0.05) is 84.4 Å². The van der Waals surface area contributed by atoms with Gasteiger partial charge in [0.1, 0.15) is 0 Å². The van der Waals surface area contributed by atoms with Crippen molar-refractivity contribution in [1.29, 1.82) is 0 Å². The van der Waals surface area contributed by atoms with Crippen molar-refractivity contribution in [2.75, 3.05) is 6.61 Å². The summed E-state index contributed by atoms with van der Waals surface area (Å²) in [5.41, 5.74) is 3.92. The molecule has 0 bridgehead atoms. The van der Waals surface area contributed by atoms with Gasteiger partial charge in [-0.2, -0.15) is 9.67 Å². The Morgan fingerprint density at radius 2 is 1.69 bits per heavy atom. The molecule has 2 aromatic carbocycles. The van der Waals surface area contributed by atoms with Gasteiger partial charge in [0.05, 0.1) is 6.61 Å². The molecule has 0 saturated carbocycles. The number of benzene rings is 2. The van der Waals surface area contributed by atoms with Crippen molar-refractivity contribution in [3.05, 3.63) is 65.2 Å². The van der Waals surface area contributed by atoms with E-state index in [1.165, 1.54) is 15.8 Å².